The molecule has 0 fully saturated rings. The van der Waals surface area contributed by atoms with E-state index in [-0.39, 0.29) is 0 Å². The average molecular weight is 219 g/mol. The highest BCUT2D eigenvalue weighted by atomic mass is 16.5. The molecule has 0 aliphatic rings. The van der Waals surface area contributed by atoms with Gasteiger partial charge in [-0.15, -0.1) is 10.2 Å². The van der Waals surface area contributed by atoms with E-state index in [2.05, 4.69) is 10.2 Å². The van der Waals surface area contributed by atoms with Crippen LogP contribution in [0.3, 0.4) is 0 Å². The third-order valence-electron chi connectivity index (χ3n) is 2.36. The lowest BCUT2D eigenvalue weighted by Crippen LogP contribution is -1.95. The van der Waals surface area contributed by atoms with E-state index >= 15 is 0 Å². The van der Waals surface area contributed by atoms with Crippen molar-refractivity contribution < 1.29 is 9.47 Å². The first-order valence-corrected chi connectivity index (χ1v) is 4.82. The number of methoxy groups -OCH3 is 2. The molecule has 16 heavy (non-hydrogen) atoms. The largest absolute Gasteiger partial charge is 0.497 e. The summed E-state index contributed by atoms with van der Waals surface area (Å²) in [4.78, 5) is 0. The van der Waals surface area contributed by atoms with Crippen LogP contribution in [0.4, 0.5) is 0 Å². The molecule has 0 amide bonds. The molecule has 0 bridgehead atoms. The predicted octanol–water partition coefficient (Wildman–Crippen LogP) is 1.50. The number of hydrogen-bond acceptors (Lipinski definition) is 4. The first-order chi connectivity index (χ1) is 7.76. The minimum Gasteiger partial charge on any atom is -0.497 e. The first-order valence-electron chi connectivity index (χ1n) is 4.82. The molecule has 5 nitrogen and oxygen atoms in total. The number of aryl methyl sites for hydroxylation is 1. The molecular weight excluding hydrogens is 206 g/mol. The highest BCUT2D eigenvalue weighted by molar-refractivity contribution is 5.66. The van der Waals surface area contributed by atoms with E-state index in [4.69, 9.17) is 9.47 Å². The van der Waals surface area contributed by atoms with Crippen molar-refractivity contribution >= 4 is 0 Å². The van der Waals surface area contributed by atoms with Crippen LogP contribution in [0.25, 0.3) is 11.4 Å². The third-order valence-corrected chi connectivity index (χ3v) is 2.36. The fourth-order valence-corrected chi connectivity index (χ4v) is 1.52. The minimum atomic E-state index is 0.746. The fourth-order valence-electron chi connectivity index (χ4n) is 1.52. The summed E-state index contributed by atoms with van der Waals surface area (Å²) in [5, 5.41) is 7.89. The van der Waals surface area contributed by atoms with E-state index in [1.54, 1.807) is 20.5 Å². The topological polar surface area (TPSA) is 49.2 Å². The maximum absolute atomic E-state index is 5.29. The second-order valence-electron chi connectivity index (χ2n) is 3.33. The highest BCUT2D eigenvalue weighted by Gasteiger charge is 2.12. The Hall–Kier alpha value is -2.04. The molecule has 5 heteroatoms. The van der Waals surface area contributed by atoms with Gasteiger partial charge in [0.1, 0.15) is 17.8 Å². The van der Waals surface area contributed by atoms with Gasteiger partial charge in [0, 0.05) is 7.05 Å². The zero-order chi connectivity index (χ0) is 11.5. The second-order valence-corrected chi connectivity index (χ2v) is 3.33. The van der Waals surface area contributed by atoms with E-state index in [1.807, 2.05) is 29.8 Å². The predicted molar refractivity (Wildman–Crippen MR) is 59.5 cm³/mol. The van der Waals surface area contributed by atoms with Crippen LogP contribution >= 0.6 is 0 Å². The molecule has 1 heterocycles. The Morgan fingerprint density at radius 3 is 2.56 bits per heavy atom. The monoisotopic (exact) mass is 219 g/mol. The quantitative estimate of drug-likeness (QED) is 0.785. The lowest BCUT2D eigenvalue weighted by molar-refractivity contribution is 0.404. The van der Waals surface area contributed by atoms with Crippen molar-refractivity contribution in [3.63, 3.8) is 0 Å². The average Bonchev–Trinajstić information content (AvgIpc) is 2.74. The van der Waals surface area contributed by atoms with Gasteiger partial charge in [0.2, 0.25) is 0 Å². The summed E-state index contributed by atoms with van der Waals surface area (Å²) in [6.45, 7) is 0. The lowest BCUT2D eigenvalue weighted by Gasteiger charge is -2.09. The van der Waals surface area contributed by atoms with Crippen molar-refractivity contribution in [2.45, 2.75) is 0 Å². The molecule has 0 unspecified atom stereocenters. The summed E-state index contributed by atoms with van der Waals surface area (Å²) in [6.07, 6.45) is 1.65. The minimum absolute atomic E-state index is 0.746. The maximum Gasteiger partial charge on any atom is 0.167 e. The van der Waals surface area contributed by atoms with Gasteiger partial charge in [0.05, 0.1) is 19.8 Å². The molecule has 84 valence electrons. The Kier molecular flexibility index (Phi) is 2.76. The SMILES string of the molecule is COc1ccc(OC)c(-c2nncn2C)c1. The van der Waals surface area contributed by atoms with Crippen molar-refractivity contribution in [2.24, 2.45) is 7.05 Å². The van der Waals surface area contributed by atoms with Crippen molar-refractivity contribution in [3.8, 4) is 22.9 Å². The normalized spacial score (nSPS) is 10.2. The van der Waals surface area contributed by atoms with E-state index in [0.717, 1.165) is 22.9 Å². The Morgan fingerprint density at radius 2 is 2.00 bits per heavy atom. The number of hydrogen-bond donors (Lipinski definition) is 0. The molecular formula is C11H13N3O2. The van der Waals surface area contributed by atoms with Crippen molar-refractivity contribution in [1.82, 2.24) is 14.8 Å². The first kappa shape index (κ1) is 10.5. The van der Waals surface area contributed by atoms with Gasteiger partial charge in [0.15, 0.2) is 5.82 Å². The third kappa shape index (κ3) is 1.71. The van der Waals surface area contributed by atoms with E-state index in [1.165, 1.54) is 0 Å². The molecule has 1 aromatic heterocycles. The van der Waals surface area contributed by atoms with Crippen molar-refractivity contribution in [1.29, 1.82) is 0 Å². The lowest BCUT2D eigenvalue weighted by atomic mass is 10.1. The number of ether oxygens (including phenoxy) is 2. The van der Waals surface area contributed by atoms with Crippen LogP contribution in [0, 0.1) is 0 Å². The van der Waals surface area contributed by atoms with E-state index in [9.17, 15) is 0 Å². The summed E-state index contributed by atoms with van der Waals surface area (Å²) in [5.74, 6) is 2.26. The number of aromatic nitrogens is 3. The van der Waals surface area contributed by atoms with Gasteiger partial charge in [-0.2, -0.15) is 0 Å². The summed E-state index contributed by atoms with van der Waals surface area (Å²) >= 11 is 0. The van der Waals surface area contributed by atoms with Gasteiger partial charge in [0.25, 0.3) is 0 Å². The molecule has 1 aromatic carbocycles. The second kappa shape index (κ2) is 4.22. The standard InChI is InChI=1S/C11H13N3O2/c1-14-7-12-13-11(14)9-6-8(15-2)4-5-10(9)16-3/h4-7H,1-3H3. The van der Waals surface area contributed by atoms with Gasteiger partial charge in [-0.25, -0.2) is 0 Å². The van der Waals surface area contributed by atoms with E-state index in [0.29, 0.717) is 0 Å². The van der Waals surface area contributed by atoms with Crippen LogP contribution in [0.15, 0.2) is 24.5 Å². The van der Waals surface area contributed by atoms with Crippen LogP contribution < -0.4 is 9.47 Å². The van der Waals surface area contributed by atoms with Gasteiger partial charge in [-0.05, 0) is 18.2 Å². The molecule has 2 aromatic rings. The number of benzene rings is 1. The molecule has 0 N–H and O–H groups in total. The summed E-state index contributed by atoms with van der Waals surface area (Å²) in [7, 11) is 5.14. The Balaban J connectivity index is 2.57. The molecule has 0 aliphatic heterocycles. The van der Waals surface area contributed by atoms with Crippen molar-refractivity contribution in [3.05, 3.63) is 24.5 Å². The molecule has 0 saturated carbocycles. The molecule has 0 atom stereocenters. The number of rotatable bonds is 3. The van der Waals surface area contributed by atoms with Gasteiger partial charge in [-0.1, -0.05) is 0 Å². The Morgan fingerprint density at radius 1 is 1.19 bits per heavy atom. The Bertz CT molecular complexity index is 494. The van der Waals surface area contributed by atoms with Gasteiger partial charge < -0.3 is 14.0 Å². The van der Waals surface area contributed by atoms with Crippen LogP contribution in [0.5, 0.6) is 11.5 Å². The van der Waals surface area contributed by atoms with Crippen LogP contribution in [0.1, 0.15) is 0 Å². The Labute approximate surface area is 93.6 Å². The zero-order valence-corrected chi connectivity index (χ0v) is 9.47. The summed E-state index contributed by atoms with van der Waals surface area (Å²) < 4.78 is 12.3. The van der Waals surface area contributed by atoms with Gasteiger partial charge >= 0.3 is 0 Å². The maximum atomic E-state index is 5.29. The van der Waals surface area contributed by atoms with Crippen LogP contribution in [-0.4, -0.2) is 29.0 Å². The molecule has 0 radical (unpaired) electrons. The summed E-state index contributed by atoms with van der Waals surface area (Å²) in [5.41, 5.74) is 0.863. The smallest absolute Gasteiger partial charge is 0.167 e. The number of nitrogens with zero attached hydrogens (tertiary/aromatic N) is 3. The van der Waals surface area contributed by atoms with Crippen molar-refractivity contribution in [2.75, 3.05) is 14.2 Å². The molecule has 0 aliphatic carbocycles. The highest BCUT2D eigenvalue weighted by Crippen LogP contribution is 2.31. The molecule has 0 saturated heterocycles. The van der Waals surface area contributed by atoms with E-state index < -0.39 is 0 Å². The fraction of sp³-hybridized carbons (Fsp3) is 0.273. The van der Waals surface area contributed by atoms with Crippen LogP contribution in [-0.2, 0) is 7.05 Å². The molecule has 0 spiro atoms. The summed E-state index contributed by atoms with van der Waals surface area (Å²) in [6, 6.07) is 5.57. The zero-order valence-electron chi connectivity index (χ0n) is 9.47. The van der Waals surface area contributed by atoms with Crippen LogP contribution in [0.2, 0.25) is 0 Å². The van der Waals surface area contributed by atoms with Gasteiger partial charge in [-0.3, -0.25) is 0 Å². The molecule has 2 rings (SSSR count).